The Bertz CT molecular complexity index is 1360. The molecular formula is C28H31F3N6O2S. The number of piperidine rings is 1. The molecule has 3 fully saturated rings. The van der Waals surface area contributed by atoms with Gasteiger partial charge in [-0.15, -0.1) is 13.2 Å². The van der Waals surface area contributed by atoms with E-state index >= 15 is 0 Å². The van der Waals surface area contributed by atoms with E-state index < -0.39 is 6.36 Å². The lowest BCUT2D eigenvalue weighted by Gasteiger charge is -2.36. The molecule has 0 N–H and O–H groups in total. The fraction of sp³-hybridized carbons (Fsp3) is 0.500. The number of alkyl halides is 3. The van der Waals surface area contributed by atoms with Crippen molar-refractivity contribution in [3.63, 3.8) is 0 Å². The summed E-state index contributed by atoms with van der Waals surface area (Å²) in [5.74, 6) is -0.00653. The molecule has 0 unspecified atom stereocenters. The molecule has 4 heterocycles. The molecule has 212 valence electrons. The van der Waals surface area contributed by atoms with Crippen LogP contribution in [0, 0.1) is 0 Å². The topological polar surface area (TPSA) is 76.4 Å². The second-order valence-corrected chi connectivity index (χ2v) is 11.3. The number of hydrogen-bond donors (Lipinski definition) is 0. The molecule has 1 amide bonds. The van der Waals surface area contributed by atoms with Gasteiger partial charge < -0.3 is 19.1 Å². The first-order valence-corrected chi connectivity index (χ1v) is 14.9. The van der Waals surface area contributed by atoms with Crippen LogP contribution >= 0.6 is 11.8 Å². The molecule has 0 spiro atoms. The van der Waals surface area contributed by atoms with Gasteiger partial charge in [-0.3, -0.25) is 4.79 Å². The number of halogens is 3. The third kappa shape index (κ3) is 5.69. The molecule has 0 atom stereocenters. The second kappa shape index (κ2) is 11.0. The van der Waals surface area contributed by atoms with E-state index in [4.69, 9.17) is 4.98 Å². The summed E-state index contributed by atoms with van der Waals surface area (Å²) in [6, 6.07) is 6.31. The van der Waals surface area contributed by atoms with Crippen molar-refractivity contribution in [1.82, 2.24) is 29.3 Å². The fourth-order valence-electron chi connectivity index (χ4n) is 5.80. The zero-order chi connectivity index (χ0) is 27.9. The number of imidazole rings is 1. The van der Waals surface area contributed by atoms with Crippen LogP contribution in [0.15, 0.2) is 41.8 Å². The van der Waals surface area contributed by atoms with Gasteiger partial charge in [0.25, 0.3) is 5.91 Å². The third-order valence-electron chi connectivity index (χ3n) is 7.84. The number of hydrogen-bond acceptors (Lipinski definition) is 7. The molecule has 1 saturated carbocycles. The summed E-state index contributed by atoms with van der Waals surface area (Å²) in [4.78, 5) is 32.3. The summed E-state index contributed by atoms with van der Waals surface area (Å²) in [5, 5.41) is 0.597. The van der Waals surface area contributed by atoms with Gasteiger partial charge in [0.15, 0.2) is 5.16 Å². The lowest BCUT2D eigenvalue weighted by Crippen LogP contribution is -2.46. The van der Waals surface area contributed by atoms with E-state index in [1.54, 1.807) is 18.5 Å². The van der Waals surface area contributed by atoms with E-state index in [0.29, 0.717) is 52.6 Å². The van der Waals surface area contributed by atoms with Gasteiger partial charge in [0.1, 0.15) is 23.0 Å². The predicted molar refractivity (Wildman–Crippen MR) is 145 cm³/mol. The number of likely N-dealkylation sites (tertiary alicyclic amines) is 2. The number of carbonyl (C=O) groups is 1. The molecule has 12 heteroatoms. The Morgan fingerprint density at radius 3 is 2.30 bits per heavy atom. The smallest absolute Gasteiger partial charge is 0.406 e. The Kier molecular flexibility index (Phi) is 7.47. The Hall–Kier alpha value is -3.12. The summed E-state index contributed by atoms with van der Waals surface area (Å²) in [6.07, 6.45) is 6.42. The average molecular weight is 573 g/mol. The van der Waals surface area contributed by atoms with Crippen molar-refractivity contribution in [1.29, 1.82) is 0 Å². The molecule has 2 aromatic heterocycles. The fourth-order valence-corrected chi connectivity index (χ4v) is 6.11. The summed E-state index contributed by atoms with van der Waals surface area (Å²) < 4.78 is 45.0. The highest BCUT2D eigenvalue weighted by molar-refractivity contribution is 7.98. The maximum Gasteiger partial charge on any atom is 0.573 e. The SMILES string of the molecule is CSc1ncc(-c2nc(-c3cccc(OC(F)(F)F)c3)n(C3CC3)c2C(=O)N2CCC(N3CCCC3)CC2)cn1. The summed E-state index contributed by atoms with van der Waals surface area (Å²) >= 11 is 1.41. The molecule has 8 nitrogen and oxygen atoms in total. The maximum absolute atomic E-state index is 14.2. The first kappa shape index (κ1) is 27.1. The number of thioether (sulfide) groups is 1. The number of benzene rings is 1. The van der Waals surface area contributed by atoms with Crippen LogP contribution in [0.2, 0.25) is 0 Å². The average Bonchev–Trinajstić information content (AvgIpc) is 3.48. The molecule has 0 bridgehead atoms. The Labute approximate surface area is 234 Å². The van der Waals surface area contributed by atoms with Gasteiger partial charge in [0.2, 0.25) is 0 Å². The molecule has 3 aromatic rings. The van der Waals surface area contributed by atoms with Crippen molar-refractivity contribution in [3.05, 3.63) is 42.4 Å². The highest BCUT2D eigenvalue weighted by atomic mass is 32.2. The lowest BCUT2D eigenvalue weighted by molar-refractivity contribution is -0.274. The highest BCUT2D eigenvalue weighted by Gasteiger charge is 2.38. The van der Waals surface area contributed by atoms with E-state index in [1.165, 1.54) is 42.8 Å². The van der Waals surface area contributed by atoms with Crippen molar-refractivity contribution in [2.45, 2.75) is 62.1 Å². The van der Waals surface area contributed by atoms with Crippen molar-refractivity contribution >= 4 is 17.7 Å². The minimum atomic E-state index is -4.81. The molecule has 6 rings (SSSR count). The van der Waals surface area contributed by atoms with Crippen molar-refractivity contribution < 1.29 is 22.7 Å². The molecule has 3 aliphatic rings. The van der Waals surface area contributed by atoms with Crippen LogP contribution in [0.3, 0.4) is 0 Å². The van der Waals surface area contributed by atoms with Crippen LogP contribution in [0.5, 0.6) is 5.75 Å². The third-order valence-corrected chi connectivity index (χ3v) is 8.42. The number of amides is 1. The minimum absolute atomic E-state index is 0.0379. The number of aromatic nitrogens is 4. The normalized spacial score (nSPS) is 18.9. The van der Waals surface area contributed by atoms with Crippen LogP contribution in [-0.2, 0) is 0 Å². The minimum Gasteiger partial charge on any atom is -0.406 e. The largest absolute Gasteiger partial charge is 0.573 e. The summed E-state index contributed by atoms with van der Waals surface area (Å²) in [5.41, 5.74) is 1.93. The Morgan fingerprint density at radius 2 is 1.68 bits per heavy atom. The van der Waals surface area contributed by atoms with E-state index in [1.807, 2.05) is 15.7 Å². The van der Waals surface area contributed by atoms with Gasteiger partial charge in [-0.1, -0.05) is 23.9 Å². The van der Waals surface area contributed by atoms with Gasteiger partial charge in [0.05, 0.1) is 0 Å². The first-order chi connectivity index (χ1) is 19.3. The van der Waals surface area contributed by atoms with Crippen LogP contribution < -0.4 is 4.74 Å². The molecule has 40 heavy (non-hydrogen) atoms. The van der Waals surface area contributed by atoms with E-state index in [2.05, 4.69) is 19.6 Å². The van der Waals surface area contributed by atoms with E-state index in [-0.39, 0.29) is 17.7 Å². The monoisotopic (exact) mass is 572 g/mol. The lowest BCUT2D eigenvalue weighted by atomic mass is 10.0. The molecule has 1 aromatic carbocycles. The van der Waals surface area contributed by atoms with Gasteiger partial charge in [-0.05, 0) is 70.0 Å². The highest BCUT2D eigenvalue weighted by Crippen LogP contribution is 2.43. The van der Waals surface area contributed by atoms with Gasteiger partial charge in [0, 0.05) is 48.7 Å². The maximum atomic E-state index is 14.2. The van der Waals surface area contributed by atoms with Gasteiger partial charge in [-0.2, -0.15) is 0 Å². The second-order valence-electron chi connectivity index (χ2n) is 10.5. The summed E-state index contributed by atoms with van der Waals surface area (Å²) in [7, 11) is 0. The zero-order valence-electron chi connectivity index (χ0n) is 22.2. The Morgan fingerprint density at radius 1 is 0.975 bits per heavy atom. The number of ether oxygens (including phenoxy) is 1. The predicted octanol–water partition coefficient (Wildman–Crippen LogP) is 5.66. The zero-order valence-corrected chi connectivity index (χ0v) is 23.0. The molecular weight excluding hydrogens is 541 g/mol. The van der Waals surface area contributed by atoms with Crippen molar-refractivity contribution in [2.75, 3.05) is 32.4 Å². The van der Waals surface area contributed by atoms with Crippen LogP contribution in [0.25, 0.3) is 22.6 Å². The number of nitrogens with zero attached hydrogens (tertiary/aromatic N) is 6. The first-order valence-electron chi connectivity index (χ1n) is 13.7. The van der Waals surface area contributed by atoms with Gasteiger partial charge >= 0.3 is 6.36 Å². The van der Waals surface area contributed by atoms with Crippen molar-refractivity contribution in [3.8, 4) is 28.4 Å². The van der Waals surface area contributed by atoms with Gasteiger partial charge in [-0.25, -0.2) is 15.0 Å². The molecule has 2 aliphatic heterocycles. The standard InChI is InChI=1S/C28H31F3N6O2S/c1-40-27-32-16-19(17-33-27)23-24(26(38)36-13-9-20(10-14-36)35-11-2-3-12-35)37(21-7-8-21)25(34-23)18-5-4-6-22(15-18)39-28(29,30)31/h4-6,15-17,20-21H,2-3,7-14H2,1H3. The van der Waals surface area contributed by atoms with Crippen LogP contribution in [0.1, 0.15) is 55.1 Å². The van der Waals surface area contributed by atoms with E-state index in [9.17, 15) is 18.0 Å². The number of rotatable bonds is 7. The Balaban J connectivity index is 1.39. The molecule has 2 saturated heterocycles. The molecule has 0 radical (unpaired) electrons. The molecule has 1 aliphatic carbocycles. The van der Waals surface area contributed by atoms with Crippen molar-refractivity contribution in [2.24, 2.45) is 0 Å². The van der Waals surface area contributed by atoms with E-state index in [0.717, 1.165) is 38.8 Å². The number of carbonyl (C=O) groups excluding carboxylic acids is 1. The van der Waals surface area contributed by atoms with Crippen LogP contribution in [-0.4, -0.2) is 80.1 Å². The quantitative estimate of drug-likeness (QED) is 0.267. The summed E-state index contributed by atoms with van der Waals surface area (Å²) in [6.45, 7) is 3.57. The van der Waals surface area contributed by atoms with Crippen LogP contribution in [0.4, 0.5) is 13.2 Å².